The van der Waals surface area contributed by atoms with Crippen LogP contribution in [0.4, 0.5) is 13.2 Å². The first-order valence-corrected chi connectivity index (χ1v) is 12.7. The van der Waals surface area contributed by atoms with Crippen molar-refractivity contribution >= 4 is 21.8 Å². The number of hydrogen-bond donors (Lipinski definition) is 2. The summed E-state index contributed by atoms with van der Waals surface area (Å²) in [6, 6.07) is 18.4. The topological polar surface area (TPSA) is 73.5 Å². The molecule has 1 aliphatic heterocycles. The molecule has 7 rings (SSSR count). The summed E-state index contributed by atoms with van der Waals surface area (Å²) >= 11 is 0. The second-order valence-corrected chi connectivity index (χ2v) is 10.0. The molecule has 0 unspecified atom stereocenters. The van der Waals surface area contributed by atoms with Gasteiger partial charge in [-0.3, -0.25) is 20.0 Å². The van der Waals surface area contributed by atoms with Crippen molar-refractivity contribution in [3.05, 3.63) is 90.6 Å². The van der Waals surface area contributed by atoms with E-state index >= 15 is 0 Å². The Morgan fingerprint density at radius 3 is 2.59 bits per heavy atom. The molecule has 1 saturated heterocycles. The summed E-state index contributed by atoms with van der Waals surface area (Å²) in [5.41, 5.74) is 7.63. The second kappa shape index (κ2) is 9.06. The van der Waals surface area contributed by atoms with Crippen LogP contribution >= 0.6 is 0 Å². The number of aromatic amines is 2. The Morgan fingerprint density at radius 1 is 0.897 bits per heavy atom. The van der Waals surface area contributed by atoms with E-state index in [1.165, 1.54) is 12.1 Å². The first-order chi connectivity index (χ1) is 18.9. The molecule has 4 aromatic heterocycles. The number of halogens is 3. The molecule has 1 aliphatic rings. The van der Waals surface area contributed by atoms with Gasteiger partial charge in [-0.2, -0.15) is 5.10 Å². The molecule has 0 spiro atoms. The lowest BCUT2D eigenvalue weighted by molar-refractivity contribution is 0.0115. The normalized spacial score (nSPS) is 15.5. The third-order valence-corrected chi connectivity index (χ3v) is 7.27. The first kappa shape index (κ1) is 23.6. The van der Waals surface area contributed by atoms with E-state index in [9.17, 15) is 13.2 Å². The monoisotopic (exact) mass is 524 g/mol. The smallest absolute Gasteiger partial charge is 0.261 e. The fourth-order valence-electron chi connectivity index (χ4n) is 5.36. The number of rotatable bonds is 5. The second-order valence-electron chi connectivity index (χ2n) is 10.0. The van der Waals surface area contributed by atoms with E-state index in [0.29, 0.717) is 13.1 Å². The van der Waals surface area contributed by atoms with Crippen LogP contribution in [0, 0.1) is 5.82 Å². The third-order valence-electron chi connectivity index (χ3n) is 7.27. The van der Waals surface area contributed by atoms with E-state index in [4.69, 9.17) is 0 Å². The highest BCUT2D eigenvalue weighted by molar-refractivity contribution is 6.01. The van der Waals surface area contributed by atoms with Crippen LogP contribution in [0.15, 0.2) is 79.3 Å². The van der Waals surface area contributed by atoms with Gasteiger partial charge in [-0.1, -0.05) is 24.3 Å². The highest BCUT2D eigenvalue weighted by atomic mass is 19.3. The summed E-state index contributed by atoms with van der Waals surface area (Å²) in [6.45, 7) is 0.557. The van der Waals surface area contributed by atoms with Gasteiger partial charge in [0.2, 0.25) is 0 Å². The summed E-state index contributed by atoms with van der Waals surface area (Å²) in [5, 5.41) is 9.53. The van der Waals surface area contributed by atoms with Crippen molar-refractivity contribution in [2.45, 2.75) is 18.9 Å². The van der Waals surface area contributed by atoms with Crippen molar-refractivity contribution < 1.29 is 13.2 Å². The van der Waals surface area contributed by atoms with Gasteiger partial charge in [-0.05, 0) is 53.1 Å². The number of alkyl halides is 2. The lowest BCUT2D eigenvalue weighted by Gasteiger charge is -2.15. The molecule has 5 heterocycles. The van der Waals surface area contributed by atoms with E-state index in [2.05, 4.69) is 31.2 Å². The van der Waals surface area contributed by atoms with Crippen LogP contribution in [-0.2, 0) is 6.54 Å². The molecule has 6 nitrogen and oxygen atoms in total. The van der Waals surface area contributed by atoms with Crippen LogP contribution < -0.4 is 0 Å². The summed E-state index contributed by atoms with van der Waals surface area (Å²) in [4.78, 5) is 14.2. The van der Waals surface area contributed by atoms with Gasteiger partial charge in [-0.15, -0.1) is 0 Å². The Morgan fingerprint density at radius 2 is 1.77 bits per heavy atom. The Hall–Kier alpha value is -4.50. The maximum Gasteiger partial charge on any atom is 0.261 e. The molecule has 9 heteroatoms. The summed E-state index contributed by atoms with van der Waals surface area (Å²) in [6.07, 6.45) is 5.07. The minimum atomic E-state index is -2.63. The number of benzene rings is 2. The molecule has 0 amide bonds. The fraction of sp³-hybridized carbons (Fsp3) is 0.167. The van der Waals surface area contributed by atoms with Crippen molar-refractivity contribution in [3.63, 3.8) is 0 Å². The van der Waals surface area contributed by atoms with Crippen LogP contribution in [0.2, 0.25) is 0 Å². The van der Waals surface area contributed by atoms with Gasteiger partial charge < -0.3 is 4.98 Å². The van der Waals surface area contributed by atoms with Gasteiger partial charge in [0.15, 0.2) is 0 Å². The van der Waals surface area contributed by atoms with Crippen LogP contribution in [-0.4, -0.2) is 49.1 Å². The van der Waals surface area contributed by atoms with Crippen molar-refractivity contribution in [1.82, 2.24) is 30.0 Å². The maximum atomic E-state index is 13.6. The number of pyridine rings is 2. The largest absolute Gasteiger partial charge is 0.353 e. The van der Waals surface area contributed by atoms with Crippen molar-refractivity contribution in [2.75, 3.05) is 13.1 Å². The summed E-state index contributed by atoms with van der Waals surface area (Å²) in [5.74, 6) is -2.90. The molecule has 39 heavy (non-hydrogen) atoms. The van der Waals surface area contributed by atoms with E-state index in [1.54, 1.807) is 35.6 Å². The molecular weight excluding hydrogens is 501 g/mol. The SMILES string of the molecule is Fc1ccc(-c2cccc3[nH]c(-c4n[nH]c5cnc(-c6cncc(CN7CCC(F)(F)C7)c6)cc45)cc23)cc1. The highest BCUT2D eigenvalue weighted by Gasteiger charge is 2.37. The van der Waals surface area contributed by atoms with E-state index < -0.39 is 5.92 Å². The maximum absolute atomic E-state index is 13.6. The molecular formula is C30H23F3N6. The molecule has 6 aromatic rings. The average Bonchev–Trinajstić information content (AvgIpc) is 3.64. The molecule has 194 valence electrons. The van der Waals surface area contributed by atoms with Crippen molar-refractivity contribution in [2.24, 2.45) is 0 Å². The minimum Gasteiger partial charge on any atom is -0.353 e. The average molecular weight is 525 g/mol. The van der Waals surface area contributed by atoms with Gasteiger partial charge in [-0.25, -0.2) is 13.2 Å². The number of fused-ring (bicyclic) bond motifs is 2. The molecule has 0 radical (unpaired) electrons. The molecule has 0 saturated carbocycles. The van der Waals surface area contributed by atoms with E-state index in [1.807, 2.05) is 30.3 Å². The van der Waals surface area contributed by atoms with E-state index in [-0.39, 0.29) is 18.8 Å². The Bertz CT molecular complexity index is 1820. The Kier molecular flexibility index (Phi) is 5.48. The van der Waals surface area contributed by atoms with Crippen LogP contribution in [0.25, 0.3) is 55.6 Å². The molecule has 1 fully saturated rings. The lowest BCUT2D eigenvalue weighted by atomic mass is 10.0. The molecule has 2 N–H and O–H groups in total. The molecule has 2 aromatic carbocycles. The number of nitrogens with one attached hydrogen (secondary N) is 2. The Labute approximate surface area is 221 Å². The number of likely N-dealkylation sites (tertiary alicyclic amines) is 1. The lowest BCUT2D eigenvalue weighted by Crippen LogP contribution is -2.24. The first-order valence-electron chi connectivity index (χ1n) is 12.7. The Balaban J connectivity index is 1.24. The molecule has 0 aliphatic carbocycles. The zero-order chi connectivity index (χ0) is 26.6. The van der Waals surface area contributed by atoms with Crippen molar-refractivity contribution in [3.8, 4) is 33.8 Å². The zero-order valence-electron chi connectivity index (χ0n) is 20.8. The third kappa shape index (κ3) is 4.44. The van der Waals surface area contributed by atoms with Gasteiger partial charge in [0, 0.05) is 53.8 Å². The zero-order valence-corrected chi connectivity index (χ0v) is 20.8. The van der Waals surface area contributed by atoms with E-state index in [0.717, 1.165) is 61.1 Å². The summed E-state index contributed by atoms with van der Waals surface area (Å²) in [7, 11) is 0. The van der Waals surface area contributed by atoms with Gasteiger partial charge in [0.1, 0.15) is 11.5 Å². The van der Waals surface area contributed by atoms with Crippen molar-refractivity contribution in [1.29, 1.82) is 0 Å². The van der Waals surface area contributed by atoms with Crippen LogP contribution in [0.3, 0.4) is 0 Å². The number of aromatic nitrogens is 5. The quantitative estimate of drug-likeness (QED) is 0.260. The number of hydrogen-bond acceptors (Lipinski definition) is 4. The predicted octanol–water partition coefficient (Wildman–Crippen LogP) is 6.82. The summed E-state index contributed by atoms with van der Waals surface area (Å²) < 4.78 is 40.8. The van der Waals surface area contributed by atoms with Gasteiger partial charge >= 0.3 is 0 Å². The molecule has 0 bridgehead atoms. The number of nitrogens with zero attached hydrogens (tertiary/aromatic N) is 4. The van der Waals surface area contributed by atoms with Gasteiger partial charge in [0.25, 0.3) is 5.92 Å². The fourth-order valence-corrected chi connectivity index (χ4v) is 5.36. The highest BCUT2D eigenvalue weighted by Crippen LogP contribution is 2.35. The van der Waals surface area contributed by atoms with Crippen LogP contribution in [0.1, 0.15) is 12.0 Å². The van der Waals surface area contributed by atoms with Crippen LogP contribution in [0.5, 0.6) is 0 Å². The molecule has 0 atom stereocenters. The predicted molar refractivity (Wildman–Crippen MR) is 145 cm³/mol. The minimum absolute atomic E-state index is 0.110. The standard InChI is InChI=1S/C30H23F3N6/c31-21-6-4-19(5-7-21)22-2-1-3-25-23(22)11-27(36-25)29-24-12-26(35-15-28(24)37-38-29)20-10-18(13-34-14-20)16-39-9-8-30(32,33)17-39/h1-7,10-15,36H,8-9,16-17H2,(H,37,38). The number of H-pyrrole nitrogens is 2. The van der Waals surface area contributed by atoms with Gasteiger partial charge in [0.05, 0.1) is 29.6 Å².